The number of rotatable bonds is 6. The van der Waals surface area contributed by atoms with Crippen molar-refractivity contribution in [1.82, 2.24) is 4.90 Å². The molecule has 0 radical (unpaired) electrons. The quantitative estimate of drug-likeness (QED) is 0.546. The molecule has 2 fully saturated rings. The van der Waals surface area contributed by atoms with Gasteiger partial charge in [-0.05, 0) is 102 Å². The van der Waals surface area contributed by atoms with Crippen molar-refractivity contribution < 1.29 is 19.7 Å². The van der Waals surface area contributed by atoms with Crippen molar-refractivity contribution in [2.24, 2.45) is 17.3 Å². The molecule has 2 saturated carbocycles. The second kappa shape index (κ2) is 9.67. The number of aliphatic hydroxyl groups is 1. The van der Waals surface area contributed by atoms with E-state index in [1.165, 1.54) is 16.7 Å². The highest BCUT2D eigenvalue weighted by atomic mass is 35.5. The Morgan fingerprint density at radius 3 is 2.69 bits per heavy atom. The molecule has 2 N–H and O–H groups in total. The van der Waals surface area contributed by atoms with E-state index in [2.05, 4.69) is 25.1 Å². The first-order chi connectivity index (χ1) is 16.8. The molecule has 0 aromatic heterocycles. The van der Waals surface area contributed by atoms with Crippen molar-refractivity contribution in [1.29, 1.82) is 0 Å². The molecule has 0 bridgehead atoms. The first kappa shape index (κ1) is 24.5. The number of phenols is 1. The van der Waals surface area contributed by atoms with Crippen molar-refractivity contribution in [2.75, 3.05) is 26.1 Å². The number of nitrogens with zero attached hydrogens (tertiary/aromatic N) is 1. The third-order valence-corrected chi connectivity index (χ3v) is 9.44. The Morgan fingerprint density at radius 1 is 1.17 bits per heavy atom. The second-order valence-electron chi connectivity index (χ2n) is 11.0. The summed E-state index contributed by atoms with van der Waals surface area (Å²) in [6.45, 7) is 3.21. The first-order valence-electron chi connectivity index (χ1n) is 12.8. The molecule has 0 spiro atoms. The number of halogens is 1. The van der Waals surface area contributed by atoms with Crippen LogP contribution in [0.3, 0.4) is 0 Å². The molecule has 1 amide bonds. The predicted octanol–water partition coefficient (Wildman–Crippen LogP) is 5.08. The van der Waals surface area contributed by atoms with Gasteiger partial charge in [0, 0.05) is 7.05 Å². The van der Waals surface area contributed by atoms with Gasteiger partial charge in [-0.1, -0.05) is 25.1 Å². The van der Waals surface area contributed by atoms with E-state index in [9.17, 15) is 15.0 Å². The van der Waals surface area contributed by atoms with Gasteiger partial charge in [-0.15, -0.1) is 11.6 Å². The molecule has 3 aliphatic carbocycles. The Kier molecular flexibility index (Phi) is 6.75. The topological polar surface area (TPSA) is 70.0 Å². The lowest BCUT2D eigenvalue weighted by Crippen LogP contribution is -2.47. The maximum atomic E-state index is 11.6. The fraction of sp³-hybridized carbons (Fsp3) is 0.552. The monoisotopic (exact) mass is 497 g/mol. The van der Waals surface area contributed by atoms with Crippen molar-refractivity contribution in [2.45, 2.75) is 57.0 Å². The predicted molar refractivity (Wildman–Crippen MR) is 137 cm³/mol. The number of carbonyl (C=O) groups is 1. The minimum atomic E-state index is -0.243. The highest BCUT2D eigenvalue weighted by Crippen LogP contribution is 2.65. The van der Waals surface area contributed by atoms with Gasteiger partial charge in [0.15, 0.2) is 0 Å². The standard InChI is InChI=1S/C29H36ClNO4/c1-29-16-24(18-3-7-21(8-4-18)35-14-13-31(2)27(34)17-30)28-22-10-6-20(32)15-19(22)5-9-23(28)25(29)11-12-26(29)33/h3-4,6-8,10,15,23-26,28,32-33H,5,9,11-14,16-17H2,1-2H3/t23-,24+,25-,26-,28+,29-/m0/s1. The van der Waals surface area contributed by atoms with Crippen molar-refractivity contribution in [3.05, 3.63) is 59.2 Å². The van der Waals surface area contributed by atoms with Gasteiger partial charge in [-0.2, -0.15) is 0 Å². The summed E-state index contributed by atoms with van der Waals surface area (Å²) in [5.74, 6) is 2.77. The summed E-state index contributed by atoms with van der Waals surface area (Å²) in [6.07, 6.45) is 4.83. The van der Waals surface area contributed by atoms with Gasteiger partial charge in [-0.25, -0.2) is 0 Å². The smallest absolute Gasteiger partial charge is 0.237 e. The average molecular weight is 498 g/mol. The number of aryl methyl sites for hydroxylation is 1. The Balaban J connectivity index is 1.40. The Hall–Kier alpha value is -2.24. The van der Waals surface area contributed by atoms with Crippen molar-refractivity contribution in [3.63, 3.8) is 0 Å². The van der Waals surface area contributed by atoms with Crippen LogP contribution in [-0.4, -0.2) is 53.2 Å². The molecule has 3 aliphatic rings. The molecular formula is C29H36ClNO4. The normalized spacial score (nSPS) is 31.3. The number of likely N-dealkylation sites (N-methyl/N-ethyl adjacent to an activating group) is 1. The second-order valence-corrected chi connectivity index (χ2v) is 11.3. The number of ether oxygens (including phenoxy) is 1. The van der Waals surface area contributed by atoms with Gasteiger partial charge < -0.3 is 19.8 Å². The minimum Gasteiger partial charge on any atom is -0.508 e. The highest BCUT2D eigenvalue weighted by molar-refractivity contribution is 6.27. The third-order valence-electron chi connectivity index (χ3n) is 9.21. The first-order valence-corrected chi connectivity index (χ1v) is 13.4. The summed E-state index contributed by atoms with van der Waals surface area (Å²) in [5, 5.41) is 21.1. The van der Waals surface area contributed by atoms with Crippen LogP contribution in [0.1, 0.15) is 61.1 Å². The molecule has 2 aromatic rings. The largest absolute Gasteiger partial charge is 0.508 e. The molecule has 0 aliphatic heterocycles. The molecule has 6 atom stereocenters. The average Bonchev–Trinajstić information content (AvgIpc) is 3.17. The van der Waals surface area contributed by atoms with E-state index < -0.39 is 0 Å². The Bertz CT molecular complexity index is 1070. The summed E-state index contributed by atoms with van der Waals surface area (Å²) >= 11 is 5.61. The van der Waals surface area contributed by atoms with Crippen LogP contribution >= 0.6 is 11.6 Å². The summed E-state index contributed by atoms with van der Waals surface area (Å²) in [4.78, 5) is 13.2. The van der Waals surface area contributed by atoms with E-state index in [1.807, 2.05) is 24.3 Å². The maximum Gasteiger partial charge on any atom is 0.237 e. The van der Waals surface area contributed by atoms with E-state index in [0.717, 1.165) is 37.9 Å². The number of aliphatic hydroxyl groups excluding tert-OH is 1. The van der Waals surface area contributed by atoms with Gasteiger partial charge in [-0.3, -0.25) is 4.79 Å². The lowest BCUT2D eigenvalue weighted by molar-refractivity contribution is -0.127. The molecular weight excluding hydrogens is 462 g/mol. The van der Waals surface area contributed by atoms with Crippen LogP contribution in [0.5, 0.6) is 11.5 Å². The summed E-state index contributed by atoms with van der Waals surface area (Å²) in [7, 11) is 1.73. The van der Waals surface area contributed by atoms with E-state index in [4.69, 9.17) is 16.3 Å². The van der Waals surface area contributed by atoms with E-state index in [-0.39, 0.29) is 23.3 Å². The minimum absolute atomic E-state index is 0.0219. The van der Waals surface area contributed by atoms with E-state index in [0.29, 0.717) is 42.6 Å². The van der Waals surface area contributed by atoms with Gasteiger partial charge in [0.05, 0.1) is 12.6 Å². The van der Waals surface area contributed by atoms with Crippen LogP contribution in [-0.2, 0) is 11.2 Å². The highest BCUT2D eigenvalue weighted by Gasteiger charge is 2.57. The van der Waals surface area contributed by atoms with Crippen LogP contribution in [0.4, 0.5) is 0 Å². The van der Waals surface area contributed by atoms with Crippen LogP contribution in [0.2, 0.25) is 0 Å². The number of fused-ring (bicyclic) bond motifs is 5. The number of hydrogen-bond acceptors (Lipinski definition) is 4. The number of alkyl halides is 1. The van der Waals surface area contributed by atoms with Gasteiger partial charge in [0.25, 0.3) is 0 Å². The Labute approximate surface area is 213 Å². The lowest BCUT2D eigenvalue weighted by atomic mass is 9.51. The summed E-state index contributed by atoms with van der Waals surface area (Å²) in [6, 6.07) is 14.3. The fourth-order valence-corrected chi connectivity index (χ4v) is 7.54. The number of carbonyl (C=O) groups excluding carboxylic acids is 1. The van der Waals surface area contributed by atoms with Gasteiger partial charge >= 0.3 is 0 Å². The Morgan fingerprint density at radius 2 is 1.94 bits per heavy atom. The number of benzene rings is 2. The summed E-state index contributed by atoms with van der Waals surface area (Å²) < 4.78 is 5.89. The molecule has 2 aromatic carbocycles. The van der Waals surface area contributed by atoms with Crippen LogP contribution in [0.25, 0.3) is 0 Å². The number of aromatic hydroxyl groups is 1. The molecule has 35 heavy (non-hydrogen) atoms. The third kappa shape index (κ3) is 4.42. The number of amides is 1. The molecule has 0 unspecified atom stereocenters. The van der Waals surface area contributed by atoms with Crippen LogP contribution < -0.4 is 4.74 Å². The SMILES string of the molecule is CN(CCOc1ccc([C@H]2C[C@]3(C)[C@@H](O)CC[C@H]3[C@@H]3CCc4cc(O)ccc4[C@H]32)cc1)C(=O)CCl. The molecule has 0 saturated heterocycles. The zero-order valence-corrected chi connectivity index (χ0v) is 21.4. The fourth-order valence-electron chi connectivity index (χ4n) is 7.33. The van der Waals surface area contributed by atoms with Gasteiger partial charge in [0.1, 0.15) is 24.0 Å². The molecule has 188 valence electrons. The molecule has 5 nitrogen and oxygen atoms in total. The summed E-state index contributed by atoms with van der Waals surface area (Å²) in [5.41, 5.74) is 3.87. The van der Waals surface area contributed by atoms with Crippen molar-refractivity contribution in [3.8, 4) is 11.5 Å². The van der Waals surface area contributed by atoms with E-state index >= 15 is 0 Å². The number of hydrogen-bond donors (Lipinski definition) is 2. The van der Waals surface area contributed by atoms with E-state index in [1.54, 1.807) is 11.9 Å². The molecule has 6 heteroatoms. The lowest BCUT2D eigenvalue weighted by Gasteiger charge is -2.54. The zero-order chi connectivity index (χ0) is 24.7. The maximum absolute atomic E-state index is 11.6. The van der Waals surface area contributed by atoms with Crippen LogP contribution in [0.15, 0.2) is 42.5 Å². The van der Waals surface area contributed by atoms with Gasteiger partial charge in [0.2, 0.25) is 5.91 Å². The zero-order valence-electron chi connectivity index (χ0n) is 20.6. The molecule has 0 heterocycles. The van der Waals surface area contributed by atoms with Crippen molar-refractivity contribution >= 4 is 17.5 Å². The van der Waals surface area contributed by atoms with Crippen LogP contribution in [0, 0.1) is 17.3 Å². The number of phenolic OH excluding ortho intramolecular Hbond substituents is 1. The molecule has 5 rings (SSSR count).